The molecule has 4 bridgehead atoms. The largest absolute Gasteiger partial charge is 2.00 e. The molecule has 0 atom stereocenters. The molecule has 0 spiro atoms. The second-order valence-corrected chi connectivity index (χ2v) is 4.86. The summed E-state index contributed by atoms with van der Waals surface area (Å²) in [5, 5.41) is 23.9. The Morgan fingerprint density at radius 3 is 1.47 bits per heavy atom. The van der Waals surface area contributed by atoms with E-state index in [2.05, 4.69) is 0 Å². The Bertz CT molecular complexity index is 520. The van der Waals surface area contributed by atoms with E-state index >= 15 is 0 Å². The Morgan fingerprint density at radius 2 is 1.05 bits per heavy atom. The third kappa shape index (κ3) is 2.94. The molecule has 0 unspecified atom stereocenters. The van der Waals surface area contributed by atoms with Crippen LogP contribution in [0.5, 0.6) is 0 Å². The fourth-order valence-electron chi connectivity index (χ4n) is 2.45. The van der Waals surface area contributed by atoms with Gasteiger partial charge in [0.1, 0.15) is 0 Å². The molecule has 0 saturated heterocycles. The summed E-state index contributed by atoms with van der Waals surface area (Å²) >= 11 is 0. The molecule has 2 nitrogen and oxygen atoms in total. The van der Waals surface area contributed by atoms with E-state index < -0.39 is 0 Å². The minimum atomic E-state index is 0. The molecule has 0 aromatic carbocycles. The van der Waals surface area contributed by atoms with Crippen LogP contribution in [0.2, 0.25) is 0 Å². The summed E-state index contributed by atoms with van der Waals surface area (Å²) in [6, 6.07) is 0. The van der Waals surface area contributed by atoms with Gasteiger partial charge in [-0.1, -0.05) is 36.5 Å². The molecule has 3 aliphatic carbocycles. The van der Waals surface area contributed by atoms with Crippen LogP contribution in [0.4, 0.5) is 0 Å². The molecule has 0 aromatic rings. The normalized spacial score (nSPS) is 25.5. The van der Waals surface area contributed by atoms with E-state index in [4.69, 9.17) is 0 Å². The molecule has 0 aromatic heterocycles. The molecule has 0 radical (unpaired) electrons. The molecule has 3 rings (SSSR count). The first kappa shape index (κ1) is 14.0. The van der Waals surface area contributed by atoms with Crippen molar-refractivity contribution in [1.82, 2.24) is 0 Å². The number of fused-ring (bicyclic) bond motifs is 2. The van der Waals surface area contributed by atoms with Crippen molar-refractivity contribution in [3.63, 3.8) is 0 Å². The summed E-state index contributed by atoms with van der Waals surface area (Å²) in [7, 11) is 0. The second kappa shape index (κ2) is 5.68. The Morgan fingerprint density at radius 1 is 0.632 bits per heavy atom. The molecule has 0 saturated carbocycles. The fourth-order valence-corrected chi connectivity index (χ4v) is 2.45. The molecule has 0 aliphatic heterocycles. The van der Waals surface area contributed by atoms with Gasteiger partial charge in [-0.2, -0.15) is 0 Å². The summed E-state index contributed by atoms with van der Waals surface area (Å²) in [5.41, 5.74) is 3.73. The van der Waals surface area contributed by atoms with Crippen molar-refractivity contribution in [2.45, 2.75) is 25.7 Å². The van der Waals surface area contributed by atoms with Crippen molar-refractivity contribution >= 4 is 0 Å². The summed E-state index contributed by atoms with van der Waals surface area (Å²) in [4.78, 5) is 0. The van der Waals surface area contributed by atoms with Crippen LogP contribution >= 0.6 is 0 Å². The van der Waals surface area contributed by atoms with Gasteiger partial charge < -0.3 is 10.2 Å². The zero-order valence-corrected chi connectivity index (χ0v) is 11.6. The predicted octanol–water partition coefficient (Wildman–Crippen LogP) is 1.78. The van der Waals surface area contributed by atoms with Gasteiger partial charge in [0.2, 0.25) is 0 Å². The Balaban J connectivity index is 0.00000133. The van der Waals surface area contributed by atoms with Crippen LogP contribution in [-0.2, 0) is 17.1 Å². The number of rotatable bonds is 0. The van der Waals surface area contributed by atoms with E-state index in [0.717, 1.165) is 22.3 Å². The Kier molecular flexibility index (Phi) is 4.18. The molecule has 98 valence electrons. The zero-order valence-electron chi connectivity index (χ0n) is 10.5. The number of hydrogen-bond acceptors (Lipinski definition) is 2. The van der Waals surface area contributed by atoms with E-state index in [1.807, 2.05) is 36.5 Å². The fraction of sp³-hybridized carbons (Fsp3) is 0.250. The van der Waals surface area contributed by atoms with Crippen LogP contribution in [-0.4, -0.2) is 0 Å². The van der Waals surface area contributed by atoms with Crippen molar-refractivity contribution in [2.24, 2.45) is 0 Å². The molecular weight excluding hydrogens is 280 g/mol. The van der Waals surface area contributed by atoms with Gasteiger partial charge in [-0.05, 0) is 48.0 Å². The number of allylic oxidation sites excluding steroid dienone is 12. The van der Waals surface area contributed by atoms with Gasteiger partial charge in [-0.3, -0.25) is 0 Å². The topological polar surface area (TPSA) is 46.1 Å². The maximum absolute atomic E-state index is 12.0. The van der Waals surface area contributed by atoms with Gasteiger partial charge >= 0.3 is 17.1 Å². The van der Waals surface area contributed by atoms with Crippen LogP contribution < -0.4 is 10.2 Å². The van der Waals surface area contributed by atoms with E-state index in [1.54, 1.807) is 0 Å². The maximum Gasteiger partial charge on any atom is 2.00 e. The van der Waals surface area contributed by atoms with Crippen molar-refractivity contribution in [3.05, 3.63) is 70.3 Å². The first-order valence-electron chi connectivity index (χ1n) is 6.30. The summed E-state index contributed by atoms with van der Waals surface area (Å²) in [6.07, 6.45) is 14.0. The first-order valence-corrected chi connectivity index (χ1v) is 6.30. The van der Waals surface area contributed by atoms with E-state index in [1.165, 1.54) is 0 Å². The van der Waals surface area contributed by atoms with E-state index in [9.17, 15) is 10.2 Å². The second-order valence-electron chi connectivity index (χ2n) is 4.86. The molecule has 0 heterocycles. The quantitative estimate of drug-likeness (QED) is 0.639. The van der Waals surface area contributed by atoms with E-state index in [0.29, 0.717) is 25.7 Å². The average Bonchev–Trinajstić information content (AvgIpc) is 3.01. The van der Waals surface area contributed by atoms with Crippen LogP contribution in [0.3, 0.4) is 0 Å². The van der Waals surface area contributed by atoms with Gasteiger partial charge in [-0.25, -0.2) is 0 Å². The predicted molar refractivity (Wildman–Crippen MR) is 67.0 cm³/mol. The van der Waals surface area contributed by atoms with Crippen LogP contribution in [0.25, 0.3) is 0 Å². The van der Waals surface area contributed by atoms with Gasteiger partial charge in [0, 0.05) is 0 Å². The van der Waals surface area contributed by atoms with Gasteiger partial charge in [0.05, 0.1) is 0 Å². The Labute approximate surface area is 123 Å². The maximum atomic E-state index is 12.0. The zero-order chi connectivity index (χ0) is 12.5. The van der Waals surface area contributed by atoms with E-state index in [-0.39, 0.29) is 28.6 Å². The summed E-state index contributed by atoms with van der Waals surface area (Å²) < 4.78 is 0. The molecule has 3 aliphatic rings. The molecule has 0 fully saturated rings. The van der Waals surface area contributed by atoms with Crippen molar-refractivity contribution in [3.8, 4) is 0 Å². The Hall–Kier alpha value is -1.44. The number of hydrogen-bond donors (Lipinski definition) is 0. The molecule has 3 heteroatoms. The third-order valence-corrected chi connectivity index (χ3v) is 3.56. The minimum absolute atomic E-state index is 0. The summed E-state index contributed by atoms with van der Waals surface area (Å²) in [6.45, 7) is 0. The molecule has 19 heavy (non-hydrogen) atoms. The molecule has 0 N–H and O–H groups in total. The van der Waals surface area contributed by atoms with Gasteiger partial charge in [-0.15, -0.1) is 11.5 Å². The molecule has 0 amide bonds. The standard InChI is InChI=1S/C16H16O2.Fe/c17-15-8-4-12-2-6-14(10-12)16(18)7-3-11-1-5-13(15)9-11;/h1-2,5-6,9-10,17-18H,3-4,7-8H2;/q;+2/p-2/b15-13+,16-14?;. The van der Waals surface area contributed by atoms with Crippen molar-refractivity contribution in [1.29, 1.82) is 0 Å². The van der Waals surface area contributed by atoms with Crippen LogP contribution in [0.1, 0.15) is 25.7 Å². The monoisotopic (exact) mass is 294 g/mol. The van der Waals surface area contributed by atoms with Crippen molar-refractivity contribution in [2.75, 3.05) is 0 Å². The third-order valence-electron chi connectivity index (χ3n) is 3.56. The SMILES string of the molecule is [Fe+2].[O-]C1=C2C=CC(=C2)CC/C([O-])=C2/C=CC(=C2)CC1. The van der Waals surface area contributed by atoms with Crippen LogP contribution in [0, 0.1) is 0 Å². The van der Waals surface area contributed by atoms with Crippen LogP contribution in [0.15, 0.2) is 70.3 Å². The first-order chi connectivity index (χ1) is 8.72. The smallest absolute Gasteiger partial charge is 0.875 e. The van der Waals surface area contributed by atoms with Crippen molar-refractivity contribution < 1.29 is 27.3 Å². The summed E-state index contributed by atoms with van der Waals surface area (Å²) in [5.74, 6) is 0.381. The van der Waals surface area contributed by atoms with Gasteiger partial charge in [0.25, 0.3) is 0 Å². The minimum Gasteiger partial charge on any atom is -0.875 e. The average molecular weight is 294 g/mol. The van der Waals surface area contributed by atoms with Gasteiger partial charge in [0.15, 0.2) is 0 Å². The molecular formula is C16H14FeO2.